The second-order valence-electron chi connectivity index (χ2n) is 6.32. The molecule has 0 unspecified atom stereocenters. The Hall–Kier alpha value is -1.44. The lowest BCUT2D eigenvalue weighted by atomic mass is 9.90. The maximum absolute atomic E-state index is 12.5. The number of hydrogen-bond donors (Lipinski definition) is 2. The van der Waals surface area contributed by atoms with Crippen LogP contribution in [0.3, 0.4) is 0 Å². The molecule has 0 heterocycles. The minimum Gasteiger partial charge on any atom is -0.481 e. The highest BCUT2D eigenvalue weighted by atomic mass is 35.5. The molecule has 0 radical (unpaired) electrons. The van der Waals surface area contributed by atoms with Crippen LogP contribution in [0, 0.1) is 5.92 Å². The van der Waals surface area contributed by atoms with E-state index in [0.717, 1.165) is 25.7 Å². The number of ketones is 1. The van der Waals surface area contributed by atoms with Crippen LogP contribution < -0.4 is 4.72 Å². The van der Waals surface area contributed by atoms with Gasteiger partial charge in [0.15, 0.2) is 5.78 Å². The fourth-order valence-corrected chi connectivity index (χ4v) is 4.58. The Labute approximate surface area is 152 Å². The first kappa shape index (κ1) is 19.9. The highest BCUT2D eigenvalue weighted by Gasteiger charge is 2.22. The third-order valence-corrected chi connectivity index (χ3v) is 6.30. The fourth-order valence-electron chi connectivity index (χ4n) is 2.94. The molecule has 1 aliphatic carbocycles. The van der Waals surface area contributed by atoms with E-state index >= 15 is 0 Å². The number of rotatable bonds is 8. The van der Waals surface area contributed by atoms with Gasteiger partial charge in [-0.15, -0.1) is 0 Å². The second-order valence-corrected chi connectivity index (χ2v) is 8.46. The van der Waals surface area contributed by atoms with Crippen molar-refractivity contribution in [3.63, 3.8) is 0 Å². The molecule has 1 aromatic carbocycles. The number of nitrogens with one attached hydrogen (secondary N) is 1. The van der Waals surface area contributed by atoms with Gasteiger partial charge in [-0.25, -0.2) is 13.1 Å². The van der Waals surface area contributed by atoms with Gasteiger partial charge in [-0.1, -0.05) is 30.9 Å². The van der Waals surface area contributed by atoms with E-state index in [1.807, 2.05) is 0 Å². The highest BCUT2D eigenvalue weighted by molar-refractivity contribution is 7.89. The Kier molecular flexibility index (Phi) is 6.98. The topological polar surface area (TPSA) is 101 Å². The summed E-state index contributed by atoms with van der Waals surface area (Å²) in [6, 6.07) is 3.98. The van der Waals surface area contributed by atoms with Crippen molar-refractivity contribution in [3.8, 4) is 0 Å². The molecule has 2 rings (SSSR count). The Bertz CT molecular complexity index is 741. The quantitative estimate of drug-likeness (QED) is 0.667. The molecule has 0 saturated heterocycles. The largest absolute Gasteiger partial charge is 0.481 e. The van der Waals surface area contributed by atoms with Gasteiger partial charge in [0.2, 0.25) is 10.0 Å². The summed E-state index contributed by atoms with van der Waals surface area (Å²) in [5.41, 5.74) is 0.142. The van der Waals surface area contributed by atoms with Crippen LogP contribution in [0.1, 0.15) is 55.3 Å². The Balaban J connectivity index is 2.11. The van der Waals surface area contributed by atoms with E-state index in [0.29, 0.717) is 12.5 Å². The maximum atomic E-state index is 12.5. The van der Waals surface area contributed by atoms with Crippen molar-refractivity contribution in [2.45, 2.75) is 49.8 Å². The zero-order chi connectivity index (χ0) is 18.4. The van der Waals surface area contributed by atoms with Crippen molar-refractivity contribution in [2.24, 2.45) is 5.92 Å². The zero-order valence-corrected chi connectivity index (χ0v) is 15.4. The normalized spacial score (nSPS) is 15.9. The standard InChI is InChI=1S/C17H22ClNO5S/c18-14-7-6-13(15(20)8-9-17(21)22)10-16(14)25(23,24)19-11-12-4-2-1-3-5-12/h6-7,10,12,19H,1-5,8-9,11H2,(H,21,22). The van der Waals surface area contributed by atoms with Crippen LogP contribution in [0.2, 0.25) is 5.02 Å². The van der Waals surface area contributed by atoms with Crippen LogP contribution in [-0.4, -0.2) is 31.8 Å². The molecule has 0 aromatic heterocycles. The third kappa shape index (κ3) is 5.80. The van der Waals surface area contributed by atoms with E-state index in [-0.39, 0.29) is 28.3 Å². The molecular formula is C17H22ClNO5S. The number of carboxylic acids is 1. The number of aliphatic carboxylic acids is 1. The summed E-state index contributed by atoms with van der Waals surface area (Å²) in [5, 5.41) is 8.69. The molecule has 1 aromatic rings. The molecule has 0 amide bonds. The molecular weight excluding hydrogens is 366 g/mol. The predicted octanol–water partition coefficient (Wildman–Crippen LogP) is 3.25. The Morgan fingerprint density at radius 3 is 2.48 bits per heavy atom. The van der Waals surface area contributed by atoms with Gasteiger partial charge >= 0.3 is 5.97 Å². The van der Waals surface area contributed by atoms with E-state index in [4.69, 9.17) is 16.7 Å². The molecule has 1 saturated carbocycles. The summed E-state index contributed by atoms with van der Waals surface area (Å²) in [4.78, 5) is 22.4. The molecule has 0 bridgehead atoms. The van der Waals surface area contributed by atoms with Gasteiger partial charge in [0, 0.05) is 18.5 Å². The van der Waals surface area contributed by atoms with Gasteiger partial charge in [0.25, 0.3) is 0 Å². The zero-order valence-electron chi connectivity index (χ0n) is 13.8. The van der Waals surface area contributed by atoms with Crippen molar-refractivity contribution in [1.82, 2.24) is 4.72 Å². The van der Waals surface area contributed by atoms with E-state index in [2.05, 4.69) is 4.72 Å². The third-order valence-electron chi connectivity index (χ3n) is 4.40. The van der Waals surface area contributed by atoms with Crippen LogP contribution in [0.4, 0.5) is 0 Å². The average Bonchev–Trinajstić information content (AvgIpc) is 2.59. The summed E-state index contributed by atoms with van der Waals surface area (Å²) < 4.78 is 27.7. The number of carbonyl (C=O) groups is 2. The summed E-state index contributed by atoms with van der Waals surface area (Å²) in [6.45, 7) is 0.357. The monoisotopic (exact) mass is 387 g/mol. The minimum absolute atomic E-state index is 0.0333. The molecule has 1 aliphatic rings. The SMILES string of the molecule is O=C(O)CCC(=O)c1ccc(Cl)c(S(=O)(=O)NCC2CCCCC2)c1. The fraction of sp³-hybridized carbons (Fsp3) is 0.529. The van der Waals surface area contributed by atoms with Crippen LogP contribution in [0.25, 0.3) is 0 Å². The van der Waals surface area contributed by atoms with Gasteiger partial charge < -0.3 is 5.11 Å². The summed E-state index contributed by atoms with van der Waals surface area (Å²) in [6.07, 6.45) is 4.93. The van der Waals surface area contributed by atoms with Crippen molar-refractivity contribution in [3.05, 3.63) is 28.8 Å². The molecule has 0 aliphatic heterocycles. The Morgan fingerprint density at radius 1 is 1.16 bits per heavy atom. The molecule has 8 heteroatoms. The lowest BCUT2D eigenvalue weighted by molar-refractivity contribution is -0.136. The second kappa shape index (κ2) is 8.78. The molecule has 2 N–H and O–H groups in total. The van der Waals surface area contributed by atoms with Crippen LogP contribution >= 0.6 is 11.6 Å². The molecule has 25 heavy (non-hydrogen) atoms. The lowest BCUT2D eigenvalue weighted by Crippen LogP contribution is -2.30. The number of sulfonamides is 1. The van der Waals surface area contributed by atoms with Crippen molar-refractivity contribution >= 4 is 33.4 Å². The van der Waals surface area contributed by atoms with Crippen LogP contribution in [0.15, 0.2) is 23.1 Å². The molecule has 1 fully saturated rings. The number of carbonyl (C=O) groups excluding carboxylic acids is 1. The number of carboxylic acid groups (broad SMARTS) is 1. The number of halogens is 1. The van der Waals surface area contributed by atoms with E-state index in [1.165, 1.54) is 24.6 Å². The van der Waals surface area contributed by atoms with Crippen molar-refractivity contribution < 1.29 is 23.1 Å². The molecule has 138 valence electrons. The van der Waals surface area contributed by atoms with Gasteiger partial charge in [0.05, 0.1) is 11.4 Å². The van der Waals surface area contributed by atoms with E-state index in [9.17, 15) is 18.0 Å². The first-order chi connectivity index (χ1) is 11.8. The number of hydrogen-bond acceptors (Lipinski definition) is 4. The highest BCUT2D eigenvalue weighted by Crippen LogP contribution is 2.26. The summed E-state index contributed by atoms with van der Waals surface area (Å²) in [7, 11) is -3.83. The first-order valence-electron chi connectivity index (χ1n) is 8.34. The van der Waals surface area contributed by atoms with Gasteiger partial charge in [-0.2, -0.15) is 0 Å². The van der Waals surface area contributed by atoms with Gasteiger partial charge in [-0.3, -0.25) is 9.59 Å². The first-order valence-corrected chi connectivity index (χ1v) is 10.2. The molecule has 0 atom stereocenters. The summed E-state index contributed by atoms with van der Waals surface area (Å²) in [5.74, 6) is -1.19. The van der Waals surface area contributed by atoms with E-state index < -0.39 is 21.8 Å². The lowest BCUT2D eigenvalue weighted by Gasteiger charge is -2.21. The smallest absolute Gasteiger partial charge is 0.303 e. The predicted molar refractivity (Wildman–Crippen MR) is 94.4 cm³/mol. The maximum Gasteiger partial charge on any atom is 0.303 e. The average molecular weight is 388 g/mol. The molecule has 0 spiro atoms. The van der Waals surface area contributed by atoms with Crippen LogP contribution in [-0.2, 0) is 14.8 Å². The van der Waals surface area contributed by atoms with E-state index in [1.54, 1.807) is 0 Å². The van der Waals surface area contributed by atoms with Gasteiger partial charge in [-0.05, 0) is 37.0 Å². The number of benzene rings is 1. The Morgan fingerprint density at radius 2 is 1.84 bits per heavy atom. The molecule has 6 nitrogen and oxygen atoms in total. The van der Waals surface area contributed by atoms with Crippen LogP contribution in [0.5, 0.6) is 0 Å². The minimum atomic E-state index is -3.83. The van der Waals surface area contributed by atoms with Gasteiger partial charge in [0.1, 0.15) is 4.90 Å². The van der Waals surface area contributed by atoms with Crippen molar-refractivity contribution in [1.29, 1.82) is 0 Å². The summed E-state index contributed by atoms with van der Waals surface area (Å²) >= 11 is 6.01. The van der Waals surface area contributed by atoms with Crippen molar-refractivity contribution in [2.75, 3.05) is 6.54 Å². The number of Topliss-reactive ketones (excluding diaryl/α,β-unsaturated/α-hetero) is 1.